The number of hydrogen-bond donors (Lipinski definition) is 0. The van der Waals surface area contributed by atoms with Crippen molar-refractivity contribution in [2.45, 2.75) is 63.7 Å². The van der Waals surface area contributed by atoms with E-state index in [1.54, 1.807) is 7.11 Å². The van der Waals surface area contributed by atoms with Gasteiger partial charge in [0, 0.05) is 37.9 Å². The monoisotopic (exact) mass is 297 g/mol. The molecule has 0 aliphatic heterocycles. The highest BCUT2D eigenvalue weighted by Crippen LogP contribution is 2.27. The first-order valence-electron chi connectivity index (χ1n) is 7.95. The number of fused-ring (bicyclic) bond motifs is 1. The fraction of sp³-hybridized carbons (Fsp3) is 0.706. The number of alkyl halides is 2. The molecule has 0 atom stereocenters. The molecule has 0 bridgehead atoms. The van der Waals surface area contributed by atoms with Gasteiger partial charge in [-0.1, -0.05) is 6.07 Å². The number of halogens is 2. The van der Waals surface area contributed by atoms with Crippen molar-refractivity contribution < 1.29 is 13.5 Å². The highest BCUT2D eigenvalue weighted by atomic mass is 19.3. The van der Waals surface area contributed by atoms with Crippen LogP contribution in [0.3, 0.4) is 0 Å². The molecule has 1 aliphatic carbocycles. The average Bonchev–Trinajstić information content (AvgIpc) is 2.49. The van der Waals surface area contributed by atoms with Gasteiger partial charge in [-0.3, -0.25) is 4.98 Å². The summed E-state index contributed by atoms with van der Waals surface area (Å²) in [6, 6.07) is 4.00. The Balaban J connectivity index is 1.81. The normalized spacial score (nSPS) is 15.0. The number of hydrogen-bond acceptors (Lipinski definition) is 2. The van der Waals surface area contributed by atoms with Gasteiger partial charge in [-0.05, 0) is 56.6 Å². The Hall–Kier alpha value is -1.03. The van der Waals surface area contributed by atoms with E-state index < -0.39 is 5.92 Å². The maximum atomic E-state index is 13.8. The Bertz CT molecular complexity index is 448. The minimum Gasteiger partial charge on any atom is -0.385 e. The molecule has 0 unspecified atom stereocenters. The summed E-state index contributed by atoms with van der Waals surface area (Å²) in [6.07, 6.45) is 5.88. The van der Waals surface area contributed by atoms with E-state index >= 15 is 0 Å². The lowest BCUT2D eigenvalue weighted by atomic mass is 9.95. The van der Waals surface area contributed by atoms with E-state index in [2.05, 4.69) is 11.1 Å². The molecule has 0 N–H and O–H groups in total. The van der Waals surface area contributed by atoms with Crippen LogP contribution in [0.1, 0.15) is 55.5 Å². The number of nitrogens with zero attached hydrogens (tertiary/aromatic N) is 1. The Morgan fingerprint density at radius 1 is 1.14 bits per heavy atom. The van der Waals surface area contributed by atoms with Crippen molar-refractivity contribution in [3.8, 4) is 0 Å². The maximum Gasteiger partial charge on any atom is 0.248 e. The number of ether oxygens (including phenoxy) is 1. The molecular formula is C17H25F2NO. The second-order valence-corrected chi connectivity index (χ2v) is 5.92. The number of methoxy groups -OCH3 is 1. The van der Waals surface area contributed by atoms with Gasteiger partial charge in [0.2, 0.25) is 5.92 Å². The Morgan fingerprint density at radius 3 is 2.76 bits per heavy atom. The van der Waals surface area contributed by atoms with Crippen LogP contribution in [-0.4, -0.2) is 24.6 Å². The SMILES string of the molecule is COCCCCC(F)(F)CCc1ccc2c(n1)CCCC2. The van der Waals surface area contributed by atoms with E-state index in [0.717, 1.165) is 24.2 Å². The molecule has 1 aromatic heterocycles. The number of pyridine rings is 1. The maximum absolute atomic E-state index is 13.8. The zero-order valence-corrected chi connectivity index (χ0v) is 12.8. The third-order valence-corrected chi connectivity index (χ3v) is 4.12. The molecule has 0 fully saturated rings. The first-order chi connectivity index (χ1) is 10.1. The highest BCUT2D eigenvalue weighted by Gasteiger charge is 2.28. The van der Waals surface area contributed by atoms with Gasteiger partial charge < -0.3 is 4.74 Å². The summed E-state index contributed by atoms with van der Waals surface area (Å²) in [5.74, 6) is -2.59. The van der Waals surface area contributed by atoms with Crippen molar-refractivity contribution >= 4 is 0 Å². The molecule has 21 heavy (non-hydrogen) atoms. The minimum absolute atomic E-state index is 0.0543. The van der Waals surface area contributed by atoms with Crippen LogP contribution in [0.15, 0.2) is 12.1 Å². The highest BCUT2D eigenvalue weighted by molar-refractivity contribution is 5.25. The first kappa shape index (κ1) is 16.3. The van der Waals surface area contributed by atoms with E-state index in [9.17, 15) is 8.78 Å². The lowest BCUT2D eigenvalue weighted by molar-refractivity contribution is -0.0193. The minimum atomic E-state index is -2.59. The molecule has 2 rings (SSSR count). The average molecular weight is 297 g/mol. The molecule has 0 amide bonds. The predicted octanol–water partition coefficient (Wildman–Crippen LogP) is 4.35. The van der Waals surface area contributed by atoms with Gasteiger partial charge in [0.05, 0.1) is 0 Å². The van der Waals surface area contributed by atoms with Crippen LogP contribution in [0.25, 0.3) is 0 Å². The molecule has 1 heterocycles. The Kier molecular flexibility index (Phi) is 6.09. The van der Waals surface area contributed by atoms with Crippen molar-refractivity contribution in [1.82, 2.24) is 4.98 Å². The molecule has 4 heteroatoms. The lowest BCUT2D eigenvalue weighted by Gasteiger charge is -2.18. The molecule has 2 nitrogen and oxygen atoms in total. The molecular weight excluding hydrogens is 272 g/mol. The Morgan fingerprint density at radius 2 is 1.95 bits per heavy atom. The fourth-order valence-corrected chi connectivity index (χ4v) is 2.83. The number of aryl methyl sites for hydroxylation is 3. The summed E-state index contributed by atoms with van der Waals surface area (Å²) >= 11 is 0. The van der Waals surface area contributed by atoms with Crippen molar-refractivity contribution in [3.05, 3.63) is 29.1 Å². The van der Waals surface area contributed by atoms with E-state index in [0.29, 0.717) is 25.9 Å². The van der Waals surface area contributed by atoms with Gasteiger partial charge in [0.1, 0.15) is 0 Å². The molecule has 1 aliphatic rings. The molecule has 0 spiro atoms. The van der Waals surface area contributed by atoms with E-state index in [-0.39, 0.29) is 12.8 Å². The molecule has 0 aromatic carbocycles. The number of rotatable bonds is 8. The van der Waals surface area contributed by atoms with Crippen LogP contribution in [0.5, 0.6) is 0 Å². The fourth-order valence-electron chi connectivity index (χ4n) is 2.83. The third-order valence-electron chi connectivity index (χ3n) is 4.12. The predicted molar refractivity (Wildman–Crippen MR) is 79.9 cm³/mol. The number of aromatic nitrogens is 1. The first-order valence-corrected chi connectivity index (χ1v) is 7.95. The molecule has 118 valence electrons. The van der Waals surface area contributed by atoms with Gasteiger partial charge >= 0.3 is 0 Å². The molecule has 0 radical (unpaired) electrons. The van der Waals surface area contributed by atoms with Gasteiger partial charge in [0.25, 0.3) is 0 Å². The smallest absolute Gasteiger partial charge is 0.248 e. The summed E-state index contributed by atoms with van der Waals surface area (Å²) in [5, 5.41) is 0. The van der Waals surface area contributed by atoms with E-state index in [1.165, 1.54) is 18.4 Å². The zero-order chi connectivity index (χ0) is 15.1. The van der Waals surface area contributed by atoms with Crippen molar-refractivity contribution in [2.75, 3.05) is 13.7 Å². The van der Waals surface area contributed by atoms with Crippen LogP contribution in [0.2, 0.25) is 0 Å². The van der Waals surface area contributed by atoms with Crippen molar-refractivity contribution in [3.63, 3.8) is 0 Å². The summed E-state index contributed by atoms with van der Waals surface area (Å²) in [5.41, 5.74) is 3.24. The standard InChI is InChI=1S/C17H25F2NO/c1-21-13-5-4-11-17(18,19)12-10-15-9-8-14-6-2-3-7-16(14)20-15/h8-9H,2-7,10-13H2,1H3. The summed E-state index contributed by atoms with van der Waals surface area (Å²) in [4.78, 5) is 4.57. The zero-order valence-electron chi connectivity index (χ0n) is 12.8. The summed E-state index contributed by atoms with van der Waals surface area (Å²) < 4.78 is 32.5. The molecule has 1 aromatic rings. The third kappa shape index (κ3) is 5.34. The quantitative estimate of drug-likeness (QED) is 0.666. The van der Waals surface area contributed by atoms with Gasteiger partial charge in [-0.2, -0.15) is 0 Å². The van der Waals surface area contributed by atoms with E-state index in [4.69, 9.17) is 4.74 Å². The van der Waals surface area contributed by atoms with Gasteiger partial charge in [0.15, 0.2) is 0 Å². The Labute approximate surface area is 125 Å². The second-order valence-electron chi connectivity index (χ2n) is 5.92. The van der Waals surface area contributed by atoms with Crippen LogP contribution in [0.4, 0.5) is 8.78 Å². The van der Waals surface area contributed by atoms with Crippen LogP contribution in [-0.2, 0) is 24.0 Å². The van der Waals surface area contributed by atoms with E-state index in [1.807, 2.05) is 6.07 Å². The number of unbranched alkanes of at least 4 members (excludes halogenated alkanes) is 1. The molecule has 0 saturated heterocycles. The second kappa shape index (κ2) is 7.83. The van der Waals surface area contributed by atoms with Gasteiger partial charge in [-0.25, -0.2) is 8.78 Å². The summed E-state index contributed by atoms with van der Waals surface area (Å²) in [7, 11) is 1.60. The molecule has 0 saturated carbocycles. The van der Waals surface area contributed by atoms with Crippen molar-refractivity contribution in [2.24, 2.45) is 0 Å². The lowest BCUT2D eigenvalue weighted by Crippen LogP contribution is -2.18. The topological polar surface area (TPSA) is 22.1 Å². The summed E-state index contributed by atoms with van der Waals surface area (Å²) in [6.45, 7) is 0.558. The van der Waals surface area contributed by atoms with Crippen LogP contribution in [0, 0.1) is 0 Å². The van der Waals surface area contributed by atoms with Crippen molar-refractivity contribution in [1.29, 1.82) is 0 Å². The van der Waals surface area contributed by atoms with Crippen LogP contribution < -0.4 is 0 Å². The van der Waals surface area contributed by atoms with Gasteiger partial charge in [-0.15, -0.1) is 0 Å². The van der Waals surface area contributed by atoms with Crippen LogP contribution >= 0.6 is 0 Å². The largest absolute Gasteiger partial charge is 0.385 e.